The van der Waals surface area contributed by atoms with Crippen molar-refractivity contribution in [3.05, 3.63) is 35.9 Å². The van der Waals surface area contributed by atoms with E-state index in [-0.39, 0.29) is 11.8 Å². The molecule has 0 aromatic heterocycles. The molecular weight excluding hydrogens is 336 g/mol. The zero-order valence-corrected chi connectivity index (χ0v) is 16.5. The fourth-order valence-electron chi connectivity index (χ4n) is 5.36. The largest absolute Gasteiger partial charge is 0.389 e. The number of nitrogens with zero attached hydrogens (tertiary/aromatic N) is 2. The number of aryl methyl sites for hydroxylation is 1. The summed E-state index contributed by atoms with van der Waals surface area (Å²) in [5.41, 5.74) is 0.847. The van der Waals surface area contributed by atoms with Gasteiger partial charge in [0.25, 0.3) is 0 Å². The van der Waals surface area contributed by atoms with Crippen LogP contribution in [0.5, 0.6) is 0 Å². The second-order valence-electron chi connectivity index (χ2n) is 8.96. The molecule has 4 nitrogen and oxygen atoms in total. The Kier molecular flexibility index (Phi) is 5.84. The van der Waals surface area contributed by atoms with Gasteiger partial charge in [0, 0.05) is 38.0 Å². The molecule has 1 aliphatic carbocycles. The summed E-state index contributed by atoms with van der Waals surface area (Å²) in [6, 6.07) is 10.7. The Morgan fingerprint density at radius 2 is 1.81 bits per heavy atom. The molecule has 27 heavy (non-hydrogen) atoms. The Balaban J connectivity index is 1.29. The lowest BCUT2D eigenvalue weighted by atomic mass is 9.75. The van der Waals surface area contributed by atoms with E-state index in [1.807, 2.05) is 0 Å². The smallest absolute Gasteiger partial charge is 0.225 e. The van der Waals surface area contributed by atoms with E-state index in [2.05, 4.69) is 40.1 Å². The lowest BCUT2D eigenvalue weighted by Crippen LogP contribution is -2.61. The number of fused-ring (bicyclic) bond motifs is 1. The molecule has 3 fully saturated rings. The molecule has 0 bridgehead atoms. The standard InChI is InChI=1S/C23H34N2O2/c26-22(20-10-4-5-11-20)25-16-13-23(27)12-15-24(17-21(23)18-25)14-6-9-19-7-2-1-3-8-19/h1-3,7-8,20-21,27H,4-6,9-18H2/t21-,23-/m1/s1. The lowest BCUT2D eigenvalue weighted by molar-refractivity contribution is -0.150. The van der Waals surface area contributed by atoms with E-state index in [1.54, 1.807) is 0 Å². The van der Waals surface area contributed by atoms with Gasteiger partial charge in [0.1, 0.15) is 0 Å². The van der Waals surface area contributed by atoms with Crippen LogP contribution in [-0.4, -0.2) is 59.1 Å². The van der Waals surface area contributed by atoms with Gasteiger partial charge in [0.2, 0.25) is 5.91 Å². The number of hydrogen-bond donors (Lipinski definition) is 1. The first-order chi connectivity index (χ1) is 13.1. The zero-order valence-electron chi connectivity index (χ0n) is 16.5. The van der Waals surface area contributed by atoms with Crippen LogP contribution < -0.4 is 0 Å². The predicted octanol–water partition coefficient (Wildman–Crippen LogP) is 3.09. The normalized spacial score (nSPS) is 29.7. The van der Waals surface area contributed by atoms with Crippen LogP contribution in [0.3, 0.4) is 0 Å². The van der Waals surface area contributed by atoms with E-state index in [0.29, 0.717) is 5.91 Å². The van der Waals surface area contributed by atoms with E-state index in [1.165, 1.54) is 18.4 Å². The molecule has 0 radical (unpaired) electrons. The molecule has 4 heteroatoms. The molecule has 1 saturated carbocycles. The highest BCUT2D eigenvalue weighted by Gasteiger charge is 2.46. The summed E-state index contributed by atoms with van der Waals surface area (Å²) in [5, 5.41) is 11.1. The Hall–Kier alpha value is -1.39. The second-order valence-corrected chi connectivity index (χ2v) is 8.96. The molecule has 4 rings (SSSR count). The van der Waals surface area contributed by atoms with E-state index in [0.717, 1.165) is 71.2 Å². The quantitative estimate of drug-likeness (QED) is 0.866. The molecule has 1 aromatic carbocycles. The third-order valence-corrected chi connectivity index (χ3v) is 7.15. The number of rotatable bonds is 5. The van der Waals surface area contributed by atoms with Crippen molar-refractivity contribution in [1.82, 2.24) is 9.80 Å². The highest BCUT2D eigenvalue weighted by molar-refractivity contribution is 5.79. The topological polar surface area (TPSA) is 43.8 Å². The van der Waals surface area contributed by atoms with Crippen molar-refractivity contribution in [2.75, 3.05) is 32.7 Å². The highest BCUT2D eigenvalue weighted by atomic mass is 16.3. The first kappa shape index (κ1) is 18.9. The van der Waals surface area contributed by atoms with Gasteiger partial charge in [-0.1, -0.05) is 43.2 Å². The third kappa shape index (κ3) is 4.38. The summed E-state index contributed by atoms with van der Waals surface area (Å²) in [5.74, 6) is 0.819. The summed E-state index contributed by atoms with van der Waals surface area (Å²) in [7, 11) is 0. The Bertz CT molecular complexity index is 629. The first-order valence-corrected chi connectivity index (χ1v) is 10.9. The van der Waals surface area contributed by atoms with E-state index >= 15 is 0 Å². The van der Waals surface area contributed by atoms with Crippen molar-refractivity contribution in [3.63, 3.8) is 0 Å². The van der Waals surface area contributed by atoms with Gasteiger partial charge in [-0.2, -0.15) is 0 Å². The molecule has 1 aromatic rings. The second kappa shape index (κ2) is 8.32. The van der Waals surface area contributed by atoms with Crippen LogP contribution in [0.15, 0.2) is 30.3 Å². The Morgan fingerprint density at radius 1 is 1.07 bits per heavy atom. The maximum Gasteiger partial charge on any atom is 0.225 e. The van der Waals surface area contributed by atoms with Gasteiger partial charge in [0.15, 0.2) is 0 Å². The first-order valence-electron chi connectivity index (χ1n) is 10.9. The zero-order chi connectivity index (χ0) is 18.7. The van der Waals surface area contributed by atoms with Crippen LogP contribution in [0.25, 0.3) is 0 Å². The van der Waals surface area contributed by atoms with Gasteiger partial charge >= 0.3 is 0 Å². The molecule has 2 aliphatic heterocycles. The van der Waals surface area contributed by atoms with Gasteiger partial charge in [-0.15, -0.1) is 0 Å². The average Bonchev–Trinajstić information content (AvgIpc) is 3.23. The summed E-state index contributed by atoms with van der Waals surface area (Å²) in [6.45, 7) is 4.49. The number of likely N-dealkylation sites (tertiary alicyclic amines) is 2. The van der Waals surface area contributed by atoms with Gasteiger partial charge in [0.05, 0.1) is 5.60 Å². The number of piperidine rings is 2. The van der Waals surface area contributed by atoms with E-state index in [9.17, 15) is 9.90 Å². The van der Waals surface area contributed by atoms with Crippen molar-refractivity contribution in [2.24, 2.45) is 11.8 Å². The van der Waals surface area contributed by atoms with E-state index in [4.69, 9.17) is 0 Å². The number of amides is 1. The van der Waals surface area contributed by atoms with Crippen molar-refractivity contribution >= 4 is 5.91 Å². The SMILES string of the molecule is O=C(C1CCCC1)N1CC[C@]2(O)CCN(CCCc3ccccc3)C[C@@H]2C1. The summed E-state index contributed by atoms with van der Waals surface area (Å²) >= 11 is 0. The molecule has 2 atom stereocenters. The lowest BCUT2D eigenvalue weighted by Gasteiger charge is -2.50. The predicted molar refractivity (Wildman–Crippen MR) is 107 cm³/mol. The molecule has 148 valence electrons. The van der Waals surface area contributed by atoms with Crippen LogP contribution in [0, 0.1) is 11.8 Å². The molecule has 0 unspecified atom stereocenters. The van der Waals surface area contributed by atoms with Crippen LogP contribution in [-0.2, 0) is 11.2 Å². The Morgan fingerprint density at radius 3 is 2.59 bits per heavy atom. The molecule has 1 N–H and O–H groups in total. The van der Waals surface area contributed by atoms with Crippen molar-refractivity contribution in [3.8, 4) is 0 Å². The van der Waals surface area contributed by atoms with Crippen molar-refractivity contribution in [2.45, 2.75) is 57.0 Å². The van der Waals surface area contributed by atoms with Crippen LogP contribution >= 0.6 is 0 Å². The maximum absolute atomic E-state index is 12.8. The van der Waals surface area contributed by atoms with Gasteiger partial charge in [-0.25, -0.2) is 0 Å². The molecular formula is C23H34N2O2. The monoisotopic (exact) mass is 370 g/mol. The van der Waals surface area contributed by atoms with Crippen LogP contribution in [0.4, 0.5) is 0 Å². The third-order valence-electron chi connectivity index (χ3n) is 7.15. The minimum absolute atomic E-state index is 0.210. The molecule has 2 saturated heterocycles. The minimum Gasteiger partial charge on any atom is -0.389 e. The summed E-state index contributed by atoms with van der Waals surface area (Å²) < 4.78 is 0. The van der Waals surface area contributed by atoms with Crippen molar-refractivity contribution < 1.29 is 9.90 Å². The number of carbonyl (C=O) groups excluding carboxylic acids is 1. The number of carbonyl (C=O) groups is 1. The number of aliphatic hydroxyl groups is 1. The minimum atomic E-state index is -0.553. The Labute approximate surface area is 163 Å². The summed E-state index contributed by atoms with van der Waals surface area (Å²) in [4.78, 5) is 17.4. The number of hydrogen-bond acceptors (Lipinski definition) is 3. The molecule has 2 heterocycles. The van der Waals surface area contributed by atoms with E-state index < -0.39 is 5.60 Å². The number of benzene rings is 1. The molecule has 0 spiro atoms. The van der Waals surface area contributed by atoms with Gasteiger partial charge in [-0.05, 0) is 50.6 Å². The van der Waals surface area contributed by atoms with Gasteiger partial charge < -0.3 is 14.9 Å². The van der Waals surface area contributed by atoms with Gasteiger partial charge in [-0.3, -0.25) is 4.79 Å². The molecule has 1 amide bonds. The average molecular weight is 371 g/mol. The van der Waals surface area contributed by atoms with Crippen molar-refractivity contribution in [1.29, 1.82) is 0 Å². The summed E-state index contributed by atoms with van der Waals surface area (Å²) in [6.07, 6.45) is 8.41. The fourth-order valence-corrected chi connectivity index (χ4v) is 5.36. The molecule has 3 aliphatic rings. The highest BCUT2D eigenvalue weighted by Crippen LogP contribution is 2.37. The van der Waals surface area contributed by atoms with Crippen LogP contribution in [0.1, 0.15) is 50.5 Å². The maximum atomic E-state index is 12.8. The fraction of sp³-hybridized carbons (Fsp3) is 0.696. The van der Waals surface area contributed by atoms with Crippen LogP contribution in [0.2, 0.25) is 0 Å².